The van der Waals surface area contributed by atoms with Crippen LogP contribution in [0.3, 0.4) is 0 Å². The van der Waals surface area contributed by atoms with Gasteiger partial charge in [-0.25, -0.2) is 4.98 Å². The fraction of sp³-hybridized carbons (Fsp3) is 0.389. The summed E-state index contributed by atoms with van der Waals surface area (Å²) in [6.45, 7) is 5.39. The third-order valence-electron chi connectivity index (χ3n) is 4.29. The summed E-state index contributed by atoms with van der Waals surface area (Å²) in [5.41, 5.74) is 0.610. The Hall–Kier alpha value is -2.85. The third kappa shape index (κ3) is 4.37. The van der Waals surface area contributed by atoms with E-state index < -0.39 is 0 Å². The quantitative estimate of drug-likeness (QED) is 0.889. The largest absolute Gasteiger partial charge is 0.467 e. The third-order valence-corrected chi connectivity index (χ3v) is 4.29. The fourth-order valence-corrected chi connectivity index (χ4v) is 2.89. The van der Waals surface area contributed by atoms with Crippen LogP contribution in [-0.2, 0) is 4.79 Å². The molecular formula is C18H21N5O2. The highest BCUT2D eigenvalue weighted by Crippen LogP contribution is 2.15. The summed E-state index contributed by atoms with van der Waals surface area (Å²) in [5.74, 6) is 1.55. The second-order valence-electron chi connectivity index (χ2n) is 6.08. The molecule has 1 atom stereocenters. The summed E-state index contributed by atoms with van der Waals surface area (Å²) in [5, 5.41) is 11.9. The van der Waals surface area contributed by atoms with Gasteiger partial charge in [0.15, 0.2) is 0 Å². The maximum absolute atomic E-state index is 12.2. The lowest BCUT2D eigenvalue weighted by Gasteiger charge is -2.35. The lowest BCUT2D eigenvalue weighted by atomic mass is 10.2. The average molecular weight is 339 g/mol. The second kappa shape index (κ2) is 7.81. The molecule has 7 nitrogen and oxygen atoms in total. The van der Waals surface area contributed by atoms with Gasteiger partial charge >= 0.3 is 0 Å². The molecule has 2 aromatic heterocycles. The van der Waals surface area contributed by atoms with Gasteiger partial charge in [0, 0.05) is 32.4 Å². The van der Waals surface area contributed by atoms with Crippen LogP contribution in [0.15, 0.2) is 41.1 Å². The summed E-state index contributed by atoms with van der Waals surface area (Å²) in [6, 6.07) is 9.16. The van der Waals surface area contributed by atoms with Gasteiger partial charge in [-0.05, 0) is 31.2 Å². The van der Waals surface area contributed by atoms with Gasteiger partial charge in [0.2, 0.25) is 5.91 Å². The zero-order valence-corrected chi connectivity index (χ0v) is 14.2. The molecule has 25 heavy (non-hydrogen) atoms. The van der Waals surface area contributed by atoms with E-state index in [-0.39, 0.29) is 11.9 Å². The van der Waals surface area contributed by atoms with Crippen molar-refractivity contribution in [3.05, 3.63) is 48.0 Å². The molecule has 0 unspecified atom stereocenters. The number of carbonyl (C=O) groups is 1. The Morgan fingerprint density at radius 3 is 2.88 bits per heavy atom. The monoisotopic (exact) mass is 339 g/mol. The zero-order valence-electron chi connectivity index (χ0n) is 14.2. The van der Waals surface area contributed by atoms with Crippen LogP contribution in [-0.4, -0.2) is 48.5 Å². The molecule has 7 heteroatoms. The predicted octanol–water partition coefficient (Wildman–Crippen LogP) is 1.55. The first-order valence-electron chi connectivity index (χ1n) is 8.32. The molecule has 0 saturated carbocycles. The molecule has 0 aromatic carbocycles. The Morgan fingerprint density at radius 1 is 1.40 bits per heavy atom. The molecule has 1 fully saturated rings. The van der Waals surface area contributed by atoms with Gasteiger partial charge in [-0.1, -0.05) is 0 Å². The molecule has 3 heterocycles. The minimum Gasteiger partial charge on any atom is -0.467 e. The minimum atomic E-state index is -0.137. The number of aromatic nitrogens is 1. The highest BCUT2D eigenvalue weighted by molar-refractivity contribution is 5.78. The average Bonchev–Trinajstić information content (AvgIpc) is 3.17. The maximum atomic E-state index is 12.2. The van der Waals surface area contributed by atoms with Crippen LogP contribution in [0.1, 0.15) is 24.3 Å². The Bertz CT molecular complexity index is 745. The number of anilines is 1. The van der Waals surface area contributed by atoms with Crippen LogP contribution in [0.5, 0.6) is 0 Å². The molecule has 130 valence electrons. The number of piperazine rings is 1. The molecule has 2 aromatic rings. The van der Waals surface area contributed by atoms with E-state index in [1.165, 1.54) is 0 Å². The molecule has 3 rings (SSSR count). The van der Waals surface area contributed by atoms with E-state index in [9.17, 15) is 4.79 Å². The van der Waals surface area contributed by atoms with Gasteiger partial charge < -0.3 is 14.6 Å². The molecule has 0 bridgehead atoms. The first-order chi connectivity index (χ1) is 12.2. The number of hydrogen-bond acceptors (Lipinski definition) is 6. The highest BCUT2D eigenvalue weighted by Gasteiger charge is 2.21. The summed E-state index contributed by atoms with van der Waals surface area (Å²) >= 11 is 0. The van der Waals surface area contributed by atoms with Gasteiger partial charge in [0.25, 0.3) is 0 Å². The maximum Gasteiger partial charge on any atom is 0.234 e. The van der Waals surface area contributed by atoms with E-state index in [2.05, 4.69) is 26.2 Å². The smallest absolute Gasteiger partial charge is 0.234 e. The second-order valence-corrected chi connectivity index (χ2v) is 6.08. The molecule has 0 spiro atoms. The summed E-state index contributed by atoms with van der Waals surface area (Å²) in [7, 11) is 0. The van der Waals surface area contributed by atoms with E-state index in [1.807, 2.05) is 19.1 Å². The number of nitrogens with one attached hydrogen (secondary N) is 1. The standard InChI is InChI=1S/C18H21N5O2/c1-14(16-3-2-10-25-16)21-18(24)13-22-6-8-23(9-7-22)17-11-15(12-19)4-5-20-17/h2-5,10-11,14H,6-9,13H2,1H3,(H,21,24)/t14-/m0/s1. The van der Waals surface area contributed by atoms with Crippen molar-refractivity contribution in [1.29, 1.82) is 5.26 Å². The van der Waals surface area contributed by atoms with E-state index in [4.69, 9.17) is 9.68 Å². The van der Waals surface area contributed by atoms with Crippen molar-refractivity contribution in [2.45, 2.75) is 13.0 Å². The van der Waals surface area contributed by atoms with E-state index in [0.29, 0.717) is 12.1 Å². The van der Waals surface area contributed by atoms with Gasteiger partial charge in [0.05, 0.1) is 30.5 Å². The predicted molar refractivity (Wildman–Crippen MR) is 92.9 cm³/mol. The summed E-state index contributed by atoms with van der Waals surface area (Å²) in [6.07, 6.45) is 3.26. The molecule has 0 radical (unpaired) electrons. The Morgan fingerprint density at radius 2 is 2.20 bits per heavy atom. The number of hydrogen-bond donors (Lipinski definition) is 1. The normalized spacial score (nSPS) is 16.2. The lowest BCUT2D eigenvalue weighted by Crippen LogP contribution is -2.49. The number of carbonyl (C=O) groups excluding carboxylic acids is 1. The number of pyridine rings is 1. The van der Waals surface area contributed by atoms with Crippen LogP contribution in [0.2, 0.25) is 0 Å². The van der Waals surface area contributed by atoms with Crippen LogP contribution < -0.4 is 10.2 Å². The van der Waals surface area contributed by atoms with Gasteiger partial charge in [-0.3, -0.25) is 9.69 Å². The van der Waals surface area contributed by atoms with Crippen LogP contribution in [0.25, 0.3) is 0 Å². The number of furan rings is 1. The van der Waals surface area contributed by atoms with Crippen LogP contribution in [0.4, 0.5) is 5.82 Å². The first kappa shape index (κ1) is 17.0. The van der Waals surface area contributed by atoms with E-state index >= 15 is 0 Å². The van der Waals surface area contributed by atoms with Crippen molar-refractivity contribution in [1.82, 2.24) is 15.2 Å². The van der Waals surface area contributed by atoms with Crippen molar-refractivity contribution in [3.63, 3.8) is 0 Å². The topological polar surface area (TPSA) is 85.4 Å². The fourth-order valence-electron chi connectivity index (χ4n) is 2.89. The van der Waals surface area contributed by atoms with E-state index in [1.54, 1.807) is 24.6 Å². The molecular weight excluding hydrogens is 318 g/mol. The van der Waals surface area contributed by atoms with Crippen molar-refractivity contribution < 1.29 is 9.21 Å². The highest BCUT2D eigenvalue weighted by atomic mass is 16.3. The van der Waals surface area contributed by atoms with Gasteiger partial charge in [-0.2, -0.15) is 5.26 Å². The number of nitriles is 1. The molecule has 0 aliphatic carbocycles. The Labute approximate surface area is 146 Å². The SMILES string of the molecule is C[C@H](NC(=O)CN1CCN(c2cc(C#N)ccn2)CC1)c1ccco1. The number of rotatable bonds is 5. The molecule has 1 aliphatic heterocycles. The van der Waals surface area contributed by atoms with E-state index in [0.717, 1.165) is 37.8 Å². The van der Waals surface area contributed by atoms with Crippen molar-refractivity contribution in [3.8, 4) is 6.07 Å². The van der Waals surface area contributed by atoms with Crippen molar-refractivity contribution in [2.24, 2.45) is 0 Å². The van der Waals surface area contributed by atoms with Crippen LogP contribution in [0, 0.1) is 11.3 Å². The molecule has 1 saturated heterocycles. The first-order valence-corrected chi connectivity index (χ1v) is 8.32. The van der Waals surface area contributed by atoms with Gasteiger partial charge in [0.1, 0.15) is 11.6 Å². The Kier molecular flexibility index (Phi) is 5.31. The Balaban J connectivity index is 1.47. The summed E-state index contributed by atoms with van der Waals surface area (Å²) in [4.78, 5) is 20.8. The lowest BCUT2D eigenvalue weighted by molar-refractivity contribution is -0.123. The zero-order chi connectivity index (χ0) is 17.6. The van der Waals surface area contributed by atoms with Crippen molar-refractivity contribution in [2.75, 3.05) is 37.6 Å². The number of amides is 1. The summed E-state index contributed by atoms with van der Waals surface area (Å²) < 4.78 is 5.30. The molecule has 1 N–H and O–H groups in total. The minimum absolute atomic E-state index is 0.0121. The number of nitrogens with zero attached hydrogens (tertiary/aromatic N) is 4. The van der Waals surface area contributed by atoms with Gasteiger partial charge in [-0.15, -0.1) is 0 Å². The van der Waals surface area contributed by atoms with Crippen molar-refractivity contribution >= 4 is 11.7 Å². The molecule has 1 aliphatic rings. The molecule has 1 amide bonds. The van der Waals surface area contributed by atoms with Crippen LogP contribution >= 0.6 is 0 Å².